The molecule has 0 aromatic rings. The van der Waals surface area contributed by atoms with Crippen molar-refractivity contribution in [2.75, 3.05) is 13.1 Å². The molecule has 0 spiro atoms. The molecule has 0 amide bonds. The molecule has 1 aliphatic heterocycles. The van der Waals surface area contributed by atoms with E-state index in [0.29, 0.717) is 5.41 Å². The number of hydrogen-bond acceptors (Lipinski definition) is 2. The van der Waals surface area contributed by atoms with Crippen molar-refractivity contribution >= 4 is 0 Å². The number of rotatable bonds is 0. The molecule has 0 bridgehead atoms. The third-order valence-corrected chi connectivity index (χ3v) is 1.62. The Morgan fingerprint density at radius 2 is 2.00 bits per heavy atom. The lowest BCUT2D eigenvalue weighted by Crippen LogP contribution is -2.46. The van der Waals surface area contributed by atoms with Crippen LogP contribution >= 0.6 is 0 Å². The Kier molecular flexibility index (Phi) is 1.54. The molecule has 1 aliphatic rings. The van der Waals surface area contributed by atoms with Crippen LogP contribution in [0.15, 0.2) is 0 Å². The van der Waals surface area contributed by atoms with Crippen molar-refractivity contribution in [1.29, 1.82) is 0 Å². The summed E-state index contributed by atoms with van der Waals surface area (Å²) in [6.07, 6.45) is 1.28. The summed E-state index contributed by atoms with van der Waals surface area (Å²) < 4.78 is 0. The topological polar surface area (TPSA) is 24.1 Å². The van der Waals surface area contributed by atoms with Crippen LogP contribution in [0.25, 0.3) is 0 Å². The van der Waals surface area contributed by atoms with Crippen LogP contribution in [-0.4, -0.2) is 13.1 Å². The fourth-order valence-electron chi connectivity index (χ4n) is 0.879. The smallest absolute Gasteiger partial charge is 0.0152 e. The van der Waals surface area contributed by atoms with E-state index < -0.39 is 0 Å². The minimum absolute atomic E-state index is 0.505. The highest BCUT2D eigenvalue weighted by atomic mass is 15.4. The molecule has 1 heterocycles. The highest BCUT2D eigenvalue weighted by molar-refractivity contribution is 4.74. The van der Waals surface area contributed by atoms with Gasteiger partial charge < -0.3 is 0 Å². The molecule has 1 fully saturated rings. The molecular weight excluding hydrogens is 100 g/mol. The molecule has 0 unspecified atom stereocenters. The molecule has 0 aromatic carbocycles. The monoisotopic (exact) mass is 114 g/mol. The first kappa shape index (κ1) is 6.05. The highest BCUT2D eigenvalue weighted by Gasteiger charge is 2.19. The second-order valence-corrected chi connectivity index (χ2v) is 3.19. The summed E-state index contributed by atoms with van der Waals surface area (Å²) in [4.78, 5) is 0. The standard InChI is InChI=1S/C6H14N2/c1-6(2)3-4-7-8-5-6/h7-8H,3-5H2,1-2H3. The predicted molar refractivity (Wildman–Crippen MR) is 34.4 cm³/mol. The molecule has 1 rings (SSSR count). The van der Waals surface area contributed by atoms with Gasteiger partial charge in [-0.05, 0) is 11.8 Å². The molecule has 0 aromatic heterocycles. The first-order valence-corrected chi connectivity index (χ1v) is 3.16. The maximum atomic E-state index is 3.12. The number of hydrogen-bond donors (Lipinski definition) is 2. The van der Waals surface area contributed by atoms with Gasteiger partial charge >= 0.3 is 0 Å². The predicted octanol–water partition coefficient (Wildman–Crippen LogP) is 0.511. The average molecular weight is 114 g/mol. The zero-order chi connectivity index (χ0) is 6.04. The first-order chi connectivity index (χ1) is 3.71. The minimum Gasteiger partial charge on any atom is -0.258 e. The Morgan fingerprint density at radius 3 is 2.25 bits per heavy atom. The van der Waals surface area contributed by atoms with E-state index in [2.05, 4.69) is 24.7 Å². The van der Waals surface area contributed by atoms with E-state index in [9.17, 15) is 0 Å². The van der Waals surface area contributed by atoms with Gasteiger partial charge in [-0.15, -0.1) is 0 Å². The summed E-state index contributed by atoms with van der Waals surface area (Å²) in [6, 6.07) is 0. The fraction of sp³-hybridized carbons (Fsp3) is 1.00. The van der Waals surface area contributed by atoms with Gasteiger partial charge in [-0.3, -0.25) is 10.9 Å². The van der Waals surface area contributed by atoms with Gasteiger partial charge in [0.05, 0.1) is 0 Å². The van der Waals surface area contributed by atoms with E-state index in [4.69, 9.17) is 0 Å². The Bertz CT molecular complexity index is 70.6. The summed E-state index contributed by atoms with van der Waals surface area (Å²) in [7, 11) is 0. The molecular formula is C6H14N2. The third-order valence-electron chi connectivity index (χ3n) is 1.62. The molecule has 2 N–H and O–H groups in total. The van der Waals surface area contributed by atoms with E-state index in [1.54, 1.807) is 0 Å². The van der Waals surface area contributed by atoms with Gasteiger partial charge in [-0.1, -0.05) is 13.8 Å². The average Bonchev–Trinajstić information content (AvgIpc) is 1.65. The van der Waals surface area contributed by atoms with Gasteiger partial charge in [0.25, 0.3) is 0 Å². The molecule has 0 aliphatic carbocycles. The maximum absolute atomic E-state index is 3.12. The summed E-state index contributed by atoms with van der Waals surface area (Å²) in [5, 5.41) is 0. The van der Waals surface area contributed by atoms with Crippen LogP contribution < -0.4 is 10.9 Å². The van der Waals surface area contributed by atoms with Crippen LogP contribution in [0.1, 0.15) is 20.3 Å². The van der Waals surface area contributed by atoms with Crippen LogP contribution in [0.4, 0.5) is 0 Å². The van der Waals surface area contributed by atoms with Gasteiger partial charge in [-0.25, -0.2) is 0 Å². The minimum atomic E-state index is 0.505. The van der Waals surface area contributed by atoms with Crippen LogP contribution in [0.5, 0.6) is 0 Å². The zero-order valence-electron chi connectivity index (χ0n) is 5.62. The third kappa shape index (κ3) is 1.46. The van der Waals surface area contributed by atoms with Crippen molar-refractivity contribution in [3.63, 3.8) is 0 Å². The number of nitrogens with one attached hydrogen (secondary N) is 2. The molecule has 1 saturated heterocycles. The fourth-order valence-corrected chi connectivity index (χ4v) is 0.879. The van der Waals surface area contributed by atoms with Crippen LogP contribution in [0.2, 0.25) is 0 Å². The second kappa shape index (κ2) is 2.03. The normalized spacial score (nSPS) is 27.8. The van der Waals surface area contributed by atoms with E-state index in [0.717, 1.165) is 13.1 Å². The molecule has 48 valence electrons. The quantitative estimate of drug-likeness (QED) is 0.479. The lowest BCUT2D eigenvalue weighted by atomic mass is 9.89. The molecule has 0 saturated carbocycles. The van der Waals surface area contributed by atoms with E-state index >= 15 is 0 Å². The van der Waals surface area contributed by atoms with E-state index in [1.165, 1.54) is 6.42 Å². The van der Waals surface area contributed by atoms with Crippen molar-refractivity contribution in [3.8, 4) is 0 Å². The van der Waals surface area contributed by atoms with Crippen molar-refractivity contribution in [2.24, 2.45) is 5.41 Å². The van der Waals surface area contributed by atoms with Gasteiger partial charge in [-0.2, -0.15) is 0 Å². The molecule has 0 radical (unpaired) electrons. The zero-order valence-corrected chi connectivity index (χ0v) is 5.62. The van der Waals surface area contributed by atoms with Gasteiger partial charge in [0.1, 0.15) is 0 Å². The van der Waals surface area contributed by atoms with Gasteiger partial charge in [0.15, 0.2) is 0 Å². The molecule has 0 atom stereocenters. The molecule has 8 heavy (non-hydrogen) atoms. The van der Waals surface area contributed by atoms with Crippen LogP contribution in [0, 0.1) is 5.41 Å². The Morgan fingerprint density at radius 1 is 1.25 bits per heavy atom. The Labute approximate surface area is 50.6 Å². The summed E-state index contributed by atoms with van der Waals surface area (Å²) in [5.41, 5.74) is 6.72. The lowest BCUT2D eigenvalue weighted by molar-refractivity contribution is 0.239. The summed E-state index contributed by atoms with van der Waals surface area (Å²) in [6.45, 7) is 6.75. The largest absolute Gasteiger partial charge is 0.258 e. The maximum Gasteiger partial charge on any atom is 0.0152 e. The number of hydrazine groups is 1. The first-order valence-electron chi connectivity index (χ1n) is 3.16. The molecule has 2 heteroatoms. The molecule has 2 nitrogen and oxygen atoms in total. The van der Waals surface area contributed by atoms with Crippen molar-refractivity contribution in [3.05, 3.63) is 0 Å². The van der Waals surface area contributed by atoms with Gasteiger partial charge in [0, 0.05) is 13.1 Å². The summed E-state index contributed by atoms with van der Waals surface area (Å²) >= 11 is 0. The summed E-state index contributed by atoms with van der Waals surface area (Å²) in [5.74, 6) is 0. The van der Waals surface area contributed by atoms with Crippen LogP contribution in [0.3, 0.4) is 0 Å². The van der Waals surface area contributed by atoms with Gasteiger partial charge in [0.2, 0.25) is 0 Å². The van der Waals surface area contributed by atoms with Crippen molar-refractivity contribution in [1.82, 2.24) is 10.9 Å². The second-order valence-electron chi connectivity index (χ2n) is 3.19. The Hall–Kier alpha value is -0.0800. The van der Waals surface area contributed by atoms with E-state index in [-0.39, 0.29) is 0 Å². The van der Waals surface area contributed by atoms with Crippen molar-refractivity contribution < 1.29 is 0 Å². The Balaban J connectivity index is 2.33. The SMILES string of the molecule is CC1(C)CCNNC1. The highest BCUT2D eigenvalue weighted by Crippen LogP contribution is 2.19. The van der Waals surface area contributed by atoms with E-state index in [1.807, 2.05) is 0 Å². The van der Waals surface area contributed by atoms with Crippen LogP contribution in [-0.2, 0) is 0 Å². The lowest BCUT2D eigenvalue weighted by Gasteiger charge is -2.30. The van der Waals surface area contributed by atoms with Crippen molar-refractivity contribution in [2.45, 2.75) is 20.3 Å².